The molecule has 4 nitrogen and oxygen atoms in total. The van der Waals surface area contributed by atoms with E-state index in [1.807, 2.05) is 0 Å². The zero-order valence-corrected chi connectivity index (χ0v) is 23.6. The van der Waals surface area contributed by atoms with E-state index in [0.29, 0.717) is 6.42 Å². The average molecular weight is 505 g/mol. The molecule has 0 aromatic rings. The Morgan fingerprint density at radius 1 is 0.639 bits per heavy atom. The highest BCUT2D eigenvalue weighted by Gasteiger charge is 2.14. The van der Waals surface area contributed by atoms with Crippen molar-refractivity contribution in [3.8, 4) is 0 Å². The lowest BCUT2D eigenvalue weighted by molar-refractivity contribution is -0.150. The van der Waals surface area contributed by atoms with Gasteiger partial charge in [0, 0.05) is 12.8 Å². The first-order valence-corrected chi connectivity index (χ1v) is 15.0. The van der Waals surface area contributed by atoms with Crippen LogP contribution >= 0.6 is 0 Å². The monoisotopic (exact) mass is 504 g/mol. The van der Waals surface area contributed by atoms with Gasteiger partial charge < -0.3 is 9.84 Å². The molecule has 0 aliphatic carbocycles. The second-order valence-electron chi connectivity index (χ2n) is 9.91. The van der Waals surface area contributed by atoms with E-state index in [9.17, 15) is 9.59 Å². The van der Waals surface area contributed by atoms with Crippen LogP contribution in [0.5, 0.6) is 0 Å². The number of allylic oxidation sites excluding steroid dienone is 6. The molecule has 208 valence electrons. The third kappa shape index (κ3) is 26.8. The summed E-state index contributed by atoms with van der Waals surface area (Å²) >= 11 is 0. The molecule has 0 fully saturated rings. The standard InChI is InChI=1S/C32H56O4/c1-3-5-7-9-11-12-13-14-15-16-17-19-25-29-32(35)36-30(26-22-18-10-8-6-4-2)27-23-20-21-24-28-31(33)34/h5,7,11-12,14-15,30H,3-4,6,8-10,13,16-29H2,1-2H3,(H,33,34)/b7-5-,12-11-,15-14-. The molecule has 0 rings (SSSR count). The van der Waals surface area contributed by atoms with Crippen molar-refractivity contribution in [3.63, 3.8) is 0 Å². The Bertz CT molecular complexity index is 591. The first-order valence-electron chi connectivity index (χ1n) is 15.0. The largest absolute Gasteiger partial charge is 0.481 e. The summed E-state index contributed by atoms with van der Waals surface area (Å²) in [5.41, 5.74) is 0. The normalized spacial score (nSPS) is 12.7. The lowest BCUT2D eigenvalue weighted by Crippen LogP contribution is -2.18. The van der Waals surface area contributed by atoms with Crippen molar-refractivity contribution in [2.75, 3.05) is 0 Å². The number of rotatable bonds is 26. The molecule has 0 amide bonds. The summed E-state index contributed by atoms with van der Waals surface area (Å²) in [6, 6.07) is 0. The van der Waals surface area contributed by atoms with Crippen molar-refractivity contribution < 1.29 is 19.4 Å². The summed E-state index contributed by atoms with van der Waals surface area (Å²) in [5, 5.41) is 8.76. The first kappa shape index (κ1) is 34.2. The fraction of sp³-hybridized carbons (Fsp3) is 0.750. The molecule has 0 radical (unpaired) electrons. The van der Waals surface area contributed by atoms with Gasteiger partial charge in [-0.3, -0.25) is 9.59 Å². The minimum Gasteiger partial charge on any atom is -0.481 e. The van der Waals surface area contributed by atoms with Gasteiger partial charge in [0.2, 0.25) is 0 Å². The molecular formula is C32H56O4. The Balaban J connectivity index is 4.04. The molecule has 0 aliphatic rings. The lowest BCUT2D eigenvalue weighted by Gasteiger charge is -2.18. The molecular weight excluding hydrogens is 448 g/mol. The first-order chi connectivity index (χ1) is 17.6. The van der Waals surface area contributed by atoms with Gasteiger partial charge in [0.1, 0.15) is 6.10 Å². The Morgan fingerprint density at radius 2 is 1.17 bits per heavy atom. The van der Waals surface area contributed by atoms with Crippen molar-refractivity contribution in [2.45, 2.75) is 155 Å². The Morgan fingerprint density at radius 3 is 1.81 bits per heavy atom. The molecule has 0 heterocycles. The summed E-state index contributed by atoms with van der Waals surface area (Å²) in [5.74, 6) is -0.765. The van der Waals surface area contributed by atoms with Crippen LogP contribution in [-0.2, 0) is 14.3 Å². The van der Waals surface area contributed by atoms with E-state index in [1.165, 1.54) is 32.1 Å². The van der Waals surface area contributed by atoms with Crippen LogP contribution in [0.25, 0.3) is 0 Å². The fourth-order valence-corrected chi connectivity index (χ4v) is 4.20. The number of carboxylic acids is 1. The molecule has 1 atom stereocenters. The van der Waals surface area contributed by atoms with Gasteiger partial charge in [-0.15, -0.1) is 0 Å². The molecule has 1 unspecified atom stereocenters. The zero-order chi connectivity index (χ0) is 26.5. The van der Waals surface area contributed by atoms with Gasteiger partial charge in [-0.05, 0) is 70.6 Å². The highest BCUT2D eigenvalue weighted by molar-refractivity contribution is 5.69. The van der Waals surface area contributed by atoms with Crippen molar-refractivity contribution in [1.29, 1.82) is 0 Å². The van der Waals surface area contributed by atoms with Crippen LogP contribution in [0, 0.1) is 0 Å². The van der Waals surface area contributed by atoms with Crippen LogP contribution in [0.15, 0.2) is 36.5 Å². The van der Waals surface area contributed by atoms with E-state index >= 15 is 0 Å². The Labute approximate surface area is 222 Å². The van der Waals surface area contributed by atoms with Crippen molar-refractivity contribution in [1.82, 2.24) is 0 Å². The maximum Gasteiger partial charge on any atom is 0.306 e. The average Bonchev–Trinajstić information content (AvgIpc) is 2.85. The SMILES string of the molecule is CC/C=C\C/C=C\C/C=C\CCCCCC(=O)OC(CCCCCCCC)CCCCCCC(=O)O. The van der Waals surface area contributed by atoms with E-state index in [0.717, 1.165) is 89.9 Å². The van der Waals surface area contributed by atoms with Gasteiger partial charge in [0.25, 0.3) is 0 Å². The molecule has 0 aromatic heterocycles. The predicted molar refractivity (Wildman–Crippen MR) is 153 cm³/mol. The Hall–Kier alpha value is -1.84. The van der Waals surface area contributed by atoms with Crippen molar-refractivity contribution >= 4 is 11.9 Å². The van der Waals surface area contributed by atoms with Crippen LogP contribution in [0.4, 0.5) is 0 Å². The van der Waals surface area contributed by atoms with E-state index in [-0.39, 0.29) is 18.5 Å². The van der Waals surface area contributed by atoms with Crippen LogP contribution in [0.3, 0.4) is 0 Å². The van der Waals surface area contributed by atoms with Gasteiger partial charge in [0.15, 0.2) is 0 Å². The molecule has 36 heavy (non-hydrogen) atoms. The molecule has 0 saturated carbocycles. The number of carbonyl (C=O) groups excluding carboxylic acids is 1. The summed E-state index contributed by atoms with van der Waals surface area (Å²) in [7, 11) is 0. The second-order valence-corrected chi connectivity index (χ2v) is 9.91. The lowest BCUT2D eigenvalue weighted by atomic mass is 10.0. The van der Waals surface area contributed by atoms with Crippen molar-refractivity contribution in [2.24, 2.45) is 0 Å². The van der Waals surface area contributed by atoms with Crippen LogP contribution in [0.1, 0.15) is 149 Å². The summed E-state index contributed by atoms with van der Waals surface area (Å²) < 4.78 is 5.87. The van der Waals surface area contributed by atoms with Crippen molar-refractivity contribution in [3.05, 3.63) is 36.5 Å². The summed E-state index contributed by atoms with van der Waals surface area (Å²) in [6.07, 6.45) is 34.4. The van der Waals surface area contributed by atoms with Gasteiger partial charge in [-0.1, -0.05) is 102 Å². The van der Waals surface area contributed by atoms with E-state index in [2.05, 4.69) is 50.3 Å². The minimum atomic E-state index is -0.718. The van der Waals surface area contributed by atoms with E-state index < -0.39 is 5.97 Å². The quantitative estimate of drug-likeness (QED) is 0.0723. The highest BCUT2D eigenvalue weighted by atomic mass is 16.5. The van der Waals surface area contributed by atoms with Gasteiger partial charge >= 0.3 is 11.9 Å². The number of carboxylic acid groups (broad SMARTS) is 1. The summed E-state index contributed by atoms with van der Waals surface area (Å²) in [4.78, 5) is 23.1. The summed E-state index contributed by atoms with van der Waals surface area (Å²) in [6.45, 7) is 4.38. The number of hydrogen-bond acceptors (Lipinski definition) is 3. The number of hydrogen-bond donors (Lipinski definition) is 1. The molecule has 0 aromatic carbocycles. The van der Waals surface area contributed by atoms with E-state index in [1.54, 1.807) is 0 Å². The molecule has 0 aliphatic heterocycles. The molecule has 0 bridgehead atoms. The number of ether oxygens (including phenoxy) is 1. The predicted octanol–water partition coefficient (Wildman–Crippen LogP) is 9.88. The number of esters is 1. The third-order valence-electron chi connectivity index (χ3n) is 6.38. The Kier molecular flexibility index (Phi) is 26.3. The smallest absolute Gasteiger partial charge is 0.306 e. The van der Waals surface area contributed by atoms with E-state index in [4.69, 9.17) is 9.84 Å². The molecule has 0 spiro atoms. The topological polar surface area (TPSA) is 63.6 Å². The third-order valence-corrected chi connectivity index (χ3v) is 6.38. The maximum absolute atomic E-state index is 12.4. The zero-order valence-electron chi connectivity index (χ0n) is 23.6. The van der Waals surface area contributed by atoms with Crippen LogP contribution in [0.2, 0.25) is 0 Å². The van der Waals surface area contributed by atoms with Gasteiger partial charge in [-0.2, -0.15) is 0 Å². The fourth-order valence-electron chi connectivity index (χ4n) is 4.20. The van der Waals surface area contributed by atoms with Gasteiger partial charge in [0.05, 0.1) is 0 Å². The molecule has 0 saturated heterocycles. The minimum absolute atomic E-state index is 0.0246. The number of aliphatic carboxylic acids is 1. The van der Waals surface area contributed by atoms with Gasteiger partial charge in [-0.25, -0.2) is 0 Å². The van der Waals surface area contributed by atoms with Crippen LogP contribution in [-0.4, -0.2) is 23.1 Å². The van der Waals surface area contributed by atoms with Crippen LogP contribution < -0.4 is 0 Å². The highest BCUT2D eigenvalue weighted by Crippen LogP contribution is 2.18. The molecule has 4 heteroatoms. The number of carbonyl (C=O) groups is 2. The second kappa shape index (κ2) is 27.7. The molecule has 1 N–H and O–H groups in total. The maximum atomic E-state index is 12.4. The number of unbranched alkanes of at least 4 members (excludes halogenated alkanes) is 11.